The van der Waals surface area contributed by atoms with Crippen LogP contribution in [0.1, 0.15) is 0 Å². The van der Waals surface area contributed by atoms with E-state index in [0.29, 0.717) is 12.1 Å². The number of anilines is 1. The number of hydrogen-bond acceptors (Lipinski definition) is 9. The SMILES string of the molecule is Nc1c(S(=O)(=O)[O-])cc2cc(S(=O)(=O)O)ccc2c1S(=O)(=O)[O-].[Na+].[Na+]. The first kappa shape index (κ1) is 25.2. The Kier molecular flexibility index (Phi) is 8.15. The Balaban J connectivity index is 0.00000288. The van der Waals surface area contributed by atoms with Gasteiger partial charge in [0.25, 0.3) is 10.1 Å². The fraction of sp³-hybridized carbons (Fsp3) is 0. The maximum atomic E-state index is 11.3. The normalized spacial score (nSPS) is 12.3. The van der Waals surface area contributed by atoms with Gasteiger partial charge in [-0.05, 0) is 23.6 Å². The summed E-state index contributed by atoms with van der Waals surface area (Å²) in [6, 6.07) is 2.96. The van der Waals surface area contributed by atoms with Gasteiger partial charge in [-0.15, -0.1) is 0 Å². The van der Waals surface area contributed by atoms with Crippen LogP contribution >= 0.6 is 0 Å². The van der Waals surface area contributed by atoms with Gasteiger partial charge in [-0.2, -0.15) is 8.42 Å². The van der Waals surface area contributed by atoms with E-state index in [1.165, 1.54) is 0 Å². The third-order valence-electron chi connectivity index (χ3n) is 2.88. The van der Waals surface area contributed by atoms with Gasteiger partial charge >= 0.3 is 59.1 Å². The number of nitrogens with two attached hydrogens (primary N) is 1. The van der Waals surface area contributed by atoms with Crippen LogP contribution in [0.15, 0.2) is 39.0 Å². The first-order valence-corrected chi connectivity index (χ1v) is 9.74. The van der Waals surface area contributed by atoms with Crippen molar-refractivity contribution in [3.63, 3.8) is 0 Å². The van der Waals surface area contributed by atoms with Gasteiger partial charge in [-0.1, -0.05) is 6.07 Å². The second-order valence-electron chi connectivity index (χ2n) is 4.38. The van der Waals surface area contributed by atoms with Crippen LogP contribution in [0.25, 0.3) is 10.8 Å². The number of nitrogen functional groups attached to an aromatic ring is 1. The summed E-state index contributed by atoms with van der Waals surface area (Å²) >= 11 is 0. The van der Waals surface area contributed by atoms with Crippen molar-refractivity contribution in [1.82, 2.24) is 0 Å². The molecule has 0 amide bonds. The number of rotatable bonds is 3. The van der Waals surface area contributed by atoms with E-state index in [-0.39, 0.29) is 59.1 Å². The molecular formula is C10H7NNa2O9S3. The number of hydrogen-bond donors (Lipinski definition) is 2. The van der Waals surface area contributed by atoms with Gasteiger partial charge in [-0.25, -0.2) is 16.8 Å². The van der Waals surface area contributed by atoms with Gasteiger partial charge in [0, 0.05) is 5.39 Å². The Labute approximate surface area is 187 Å². The Hall–Kier alpha value is 0.230. The molecule has 126 valence electrons. The maximum Gasteiger partial charge on any atom is 1.00 e. The van der Waals surface area contributed by atoms with Crippen molar-refractivity contribution in [2.24, 2.45) is 0 Å². The molecule has 0 fully saturated rings. The fourth-order valence-corrected chi connectivity index (χ4v) is 4.04. The molecule has 0 heterocycles. The molecule has 0 saturated carbocycles. The molecule has 25 heavy (non-hydrogen) atoms. The third kappa shape index (κ3) is 5.37. The fourth-order valence-electron chi connectivity index (χ4n) is 1.98. The first-order valence-electron chi connectivity index (χ1n) is 5.48. The van der Waals surface area contributed by atoms with E-state index in [1.54, 1.807) is 0 Å². The summed E-state index contributed by atoms with van der Waals surface area (Å²) in [6.07, 6.45) is 0. The van der Waals surface area contributed by atoms with Crippen LogP contribution < -0.4 is 64.8 Å². The van der Waals surface area contributed by atoms with E-state index in [9.17, 15) is 34.4 Å². The van der Waals surface area contributed by atoms with Crippen LogP contribution in [0.4, 0.5) is 5.69 Å². The molecule has 0 aromatic heterocycles. The predicted molar refractivity (Wildman–Crippen MR) is 74.1 cm³/mol. The topological polar surface area (TPSA) is 195 Å². The smallest absolute Gasteiger partial charge is 0.744 e. The van der Waals surface area contributed by atoms with Gasteiger partial charge in [0.15, 0.2) is 0 Å². The van der Waals surface area contributed by atoms with Gasteiger partial charge in [-0.3, -0.25) is 4.55 Å². The summed E-state index contributed by atoms with van der Waals surface area (Å²) in [5, 5.41) is -0.782. The van der Waals surface area contributed by atoms with Crippen molar-refractivity contribution in [3.05, 3.63) is 24.3 Å². The van der Waals surface area contributed by atoms with E-state index in [4.69, 9.17) is 10.3 Å². The minimum absolute atomic E-state index is 0. The second kappa shape index (κ2) is 8.08. The molecular weight excluding hydrogens is 420 g/mol. The zero-order valence-corrected chi connectivity index (χ0v) is 19.3. The second-order valence-corrected chi connectivity index (χ2v) is 8.47. The maximum absolute atomic E-state index is 11.3. The molecule has 0 unspecified atom stereocenters. The molecule has 0 aliphatic carbocycles. The zero-order chi connectivity index (χ0) is 17.8. The Morgan fingerprint density at radius 2 is 1.40 bits per heavy atom. The molecule has 0 radical (unpaired) electrons. The van der Waals surface area contributed by atoms with Crippen molar-refractivity contribution < 1.29 is 98.0 Å². The monoisotopic (exact) mass is 427 g/mol. The van der Waals surface area contributed by atoms with Gasteiger partial charge in [0.05, 0.1) is 20.4 Å². The average molecular weight is 427 g/mol. The van der Waals surface area contributed by atoms with Crippen molar-refractivity contribution in [1.29, 1.82) is 0 Å². The third-order valence-corrected chi connectivity index (χ3v) is 5.55. The van der Waals surface area contributed by atoms with E-state index in [2.05, 4.69) is 0 Å². The Bertz CT molecular complexity index is 1140. The van der Waals surface area contributed by atoms with Gasteiger partial charge in [0.2, 0.25) is 0 Å². The molecule has 0 spiro atoms. The summed E-state index contributed by atoms with van der Waals surface area (Å²) in [5.74, 6) is 0. The van der Waals surface area contributed by atoms with Crippen LogP contribution in [-0.4, -0.2) is 38.9 Å². The van der Waals surface area contributed by atoms with Crippen molar-refractivity contribution >= 4 is 46.8 Å². The molecule has 0 saturated heterocycles. The van der Waals surface area contributed by atoms with Crippen LogP contribution in [0, 0.1) is 0 Å². The van der Waals surface area contributed by atoms with E-state index < -0.39 is 61.5 Å². The molecule has 10 nitrogen and oxygen atoms in total. The van der Waals surface area contributed by atoms with E-state index >= 15 is 0 Å². The standard InChI is InChI=1S/C10H9NO9S3.2Na/c11-9-8(22(15,16)17)4-5-3-6(21(12,13)14)1-2-7(5)10(9)23(18,19)20;;/h1-4H,11H2,(H,12,13,14)(H,15,16,17)(H,18,19,20);;/q;2*+1/p-2. The van der Waals surface area contributed by atoms with E-state index in [1.807, 2.05) is 0 Å². The summed E-state index contributed by atoms with van der Waals surface area (Å²) in [5.41, 5.74) is 4.27. The Morgan fingerprint density at radius 3 is 1.80 bits per heavy atom. The molecule has 2 aromatic carbocycles. The van der Waals surface area contributed by atoms with E-state index in [0.717, 1.165) is 12.1 Å². The quantitative estimate of drug-likeness (QED) is 0.270. The molecule has 0 bridgehead atoms. The Morgan fingerprint density at radius 1 is 0.880 bits per heavy atom. The molecule has 0 aliphatic rings. The predicted octanol–water partition coefficient (Wildman–Crippen LogP) is -6.52. The minimum atomic E-state index is -5.28. The number of fused-ring (bicyclic) bond motifs is 1. The number of benzene rings is 2. The van der Waals surface area contributed by atoms with Crippen molar-refractivity contribution in [2.75, 3.05) is 5.73 Å². The van der Waals surface area contributed by atoms with Crippen molar-refractivity contribution in [3.8, 4) is 0 Å². The summed E-state index contributed by atoms with van der Waals surface area (Å²) < 4.78 is 98.6. The molecule has 3 N–H and O–H groups in total. The van der Waals surface area contributed by atoms with Crippen LogP contribution in [0.3, 0.4) is 0 Å². The minimum Gasteiger partial charge on any atom is -0.744 e. The molecule has 15 heteroatoms. The van der Waals surface area contributed by atoms with Crippen LogP contribution in [0.5, 0.6) is 0 Å². The first-order chi connectivity index (χ1) is 10.2. The largest absolute Gasteiger partial charge is 1.00 e. The molecule has 0 atom stereocenters. The molecule has 2 aromatic rings. The zero-order valence-electron chi connectivity index (χ0n) is 12.8. The summed E-state index contributed by atoms with van der Waals surface area (Å²) in [4.78, 5) is -3.04. The molecule has 0 aliphatic heterocycles. The van der Waals surface area contributed by atoms with Crippen LogP contribution in [-0.2, 0) is 30.4 Å². The summed E-state index contributed by atoms with van der Waals surface area (Å²) in [7, 11) is -15.2. The van der Waals surface area contributed by atoms with Crippen LogP contribution in [0.2, 0.25) is 0 Å². The average Bonchev–Trinajstić information content (AvgIpc) is 2.33. The summed E-state index contributed by atoms with van der Waals surface area (Å²) in [6.45, 7) is 0. The van der Waals surface area contributed by atoms with Crippen molar-refractivity contribution in [2.45, 2.75) is 14.7 Å². The van der Waals surface area contributed by atoms with Gasteiger partial charge < -0.3 is 14.8 Å². The van der Waals surface area contributed by atoms with Gasteiger partial charge in [0.1, 0.15) is 20.2 Å². The molecule has 2 rings (SSSR count).